The van der Waals surface area contributed by atoms with E-state index in [1.807, 2.05) is 0 Å². The summed E-state index contributed by atoms with van der Waals surface area (Å²) in [6.45, 7) is -0.00456. The molecule has 0 aliphatic carbocycles. The van der Waals surface area contributed by atoms with E-state index in [9.17, 15) is 4.79 Å². The van der Waals surface area contributed by atoms with Gasteiger partial charge in [0.2, 0.25) is 6.79 Å². The fraction of sp³-hybridized carbons (Fsp3) is 0.133. The first-order chi connectivity index (χ1) is 9.69. The van der Waals surface area contributed by atoms with Crippen molar-refractivity contribution in [2.75, 3.05) is 13.9 Å². The molecule has 0 heterocycles. The van der Waals surface area contributed by atoms with Crippen LogP contribution in [-0.2, 0) is 0 Å². The second-order valence-corrected chi connectivity index (χ2v) is 3.92. The Morgan fingerprint density at radius 2 is 1.65 bits per heavy atom. The molecule has 5 nitrogen and oxygen atoms in total. The summed E-state index contributed by atoms with van der Waals surface area (Å²) in [5, 5.41) is 8.86. The maximum Gasteiger partial charge on any atom is 0.335 e. The van der Waals surface area contributed by atoms with E-state index >= 15 is 0 Å². The van der Waals surface area contributed by atoms with E-state index in [1.165, 1.54) is 12.1 Å². The van der Waals surface area contributed by atoms with Crippen LogP contribution in [0.25, 0.3) is 0 Å². The van der Waals surface area contributed by atoms with Gasteiger partial charge in [0.1, 0.15) is 17.2 Å². The fourth-order valence-electron chi connectivity index (χ4n) is 1.56. The Kier molecular flexibility index (Phi) is 4.44. The van der Waals surface area contributed by atoms with Gasteiger partial charge < -0.3 is 19.3 Å². The molecular weight excluding hydrogens is 260 g/mol. The van der Waals surface area contributed by atoms with E-state index in [4.69, 9.17) is 19.3 Å². The Labute approximate surface area is 116 Å². The first kappa shape index (κ1) is 13.7. The molecule has 2 rings (SSSR count). The van der Waals surface area contributed by atoms with Gasteiger partial charge in [0.05, 0.1) is 12.7 Å². The standard InChI is InChI=1S/C15H14O5/c1-18-12-5-7-13(8-6-12)19-10-20-14-4-2-3-11(9-14)15(16)17/h2-9H,10H2,1H3,(H,16,17). The first-order valence-electron chi connectivity index (χ1n) is 5.92. The van der Waals surface area contributed by atoms with Crippen LogP contribution in [0.2, 0.25) is 0 Å². The summed E-state index contributed by atoms with van der Waals surface area (Å²) in [5.41, 5.74) is 0.173. The number of carboxylic acid groups (broad SMARTS) is 1. The van der Waals surface area contributed by atoms with Crippen molar-refractivity contribution < 1.29 is 24.1 Å². The van der Waals surface area contributed by atoms with E-state index in [1.54, 1.807) is 43.5 Å². The number of benzene rings is 2. The summed E-state index contributed by atoms with van der Waals surface area (Å²) < 4.78 is 15.8. The molecule has 0 spiro atoms. The molecule has 0 aliphatic rings. The van der Waals surface area contributed by atoms with Gasteiger partial charge in [-0.3, -0.25) is 0 Å². The van der Waals surface area contributed by atoms with Crippen molar-refractivity contribution >= 4 is 5.97 Å². The van der Waals surface area contributed by atoms with Gasteiger partial charge in [-0.1, -0.05) is 6.07 Å². The molecule has 2 aromatic rings. The first-order valence-corrected chi connectivity index (χ1v) is 5.92. The lowest BCUT2D eigenvalue weighted by atomic mass is 10.2. The topological polar surface area (TPSA) is 65.0 Å². The molecule has 0 amide bonds. The largest absolute Gasteiger partial charge is 0.497 e. The van der Waals surface area contributed by atoms with Crippen LogP contribution in [0.5, 0.6) is 17.2 Å². The Morgan fingerprint density at radius 1 is 1.00 bits per heavy atom. The van der Waals surface area contributed by atoms with Crippen molar-refractivity contribution in [3.8, 4) is 17.2 Å². The molecule has 0 atom stereocenters. The van der Waals surface area contributed by atoms with Gasteiger partial charge in [0, 0.05) is 0 Å². The lowest BCUT2D eigenvalue weighted by Gasteiger charge is -2.09. The molecule has 5 heteroatoms. The SMILES string of the molecule is COc1ccc(OCOc2cccc(C(=O)O)c2)cc1. The number of methoxy groups -OCH3 is 1. The molecule has 0 unspecified atom stereocenters. The Bertz CT molecular complexity index is 577. The van der Waals surface area contributed by atoms with Crippen molar-refractivity contribution in [2.24, 2.45) is 0 Å². The predicted molar refractivity (Wildman–Crippen MR) is 72.5 cm³/mol. The van der Waals surface area contributed by atoms with Gasteiger partial charge in [0.15, 0.2) is 0 Å². The van der Waals surface area contributed by atoms with Crippen molar-refractivity contribution in [1.82, 2.24) is 0 Å². The monoisotopic (exact) mass is 274 g/mol. The van der Waals surface area contributed by atoms with E-state index in [0.717, 1.165) is 5.75 Å². The molecule has 0 radical (unpaired) electrons. The lowest BCUT2D eigenvalue weighted by molar-refractivity contribution is 0.0695. The molecule has 0 bridgehead atoms. The van der Waals surface area contributed by atoms with Crippen LogP contribution in [0.1, 0.15) is 10.4 Å². The minimum absolute atomic E-state index is 0.00456. The van der Waals surface area contributed by atoms with Crippen LogP contribution >= 0.6 is 0 Å². The number of hydrogen-bond donors (Lipinski definition) is 1. The molecule has 104 valence electrons. The number of rotatable bonds is 6. The van der Waals surface area contributed by atoms with Crippen LogP contribution in [0, 0.1) is 0 Å². The maximum atomic E-state index is 10.8. The van der Waals surface area contributed by atoms with E-state index in [-0.39, 0.29) is 12.4 Å². The average molecular weight is 274 g/mol. The zero-order valence-corrected chi connectivity index (χ0v) is 10.9. The molecule has 0 saturated carbocycles. The Balaban J connectivity index is 1.88. The lowest BCUT2D eigenvalue weighted by Crippen LogP contribution is -2.06. The quantitative estimate of drug-likeness (QED) is 0.820. The van der Waals surface area contributed by atoms with Crippen LogP contribution < -0.4 is 14.2 Å². The summed E-state index contributed by atoms with van der Waals surface area (Å²) in [4.78, 5) is 10.8. The highest BCUT2D eigenvalue weighted by molar-refractivity contribution is 5.87. The highest BCUT2D eigenvalue weighted by Gasteiger charge is 2.03. The zero-order chi connectivity index (χ0) is 14.4. The van der Waals surface area contributed by atoms with E-state index in [0.29, 0.717) is 11.5 Å². The van der Waals surface area contributed by atoms with Crippen LogP contribution in [-0.4, -0.2) is 25.0 Å². The summed E-state index contributed by atoms with van der Waals surface area (Å²) >= 11 is 0. The smallest absolute Gasteiger partial charge is 0.335 e. The minimum atomic E-state index is -0.994. The summed E-state index contributed by atoms with van der Waals surface area (Å²) in [7, 11) is 1.59. The molecule has 1 N–H and O–H groups in total. The van der Waals surface area contributed by atoms with Crippen LogP contribution in [0.3, 0.4) is 0 Å². The molecule has 0 aliphatic heterocycles. The highest BCUT2D eigenvalue weighted by atomic mass is 16.7. The Hall–Kier alpha value is -2.69. The number of carbonyl (C=O) groups is 1. The van der Waals surface area contributed by atoms with Gasteiger partial charge in [-0.05, 0) is 42.5 Å². The summed E-state index contributed by atoms with van der Waals surface area (Å²) in [6, 6.07) is 13.3. The maximum absolute atomic E-state index is 10.8. The second kappa shape index (κ2) is 6.47. The van der Waals surface area contributed by atoms with Gasteiger partial charge >= 0.3 is 5.97 Å². The van der Waals surface area contributed by atoms with Crippen molar-refractivity contribution in [2.45, 2.75) is 0 Å². The number of aromatic carboxylic acids is 1. The zero-order valence-electron chi connectivity index (χ0n) is 10.9. The third-order valence-electron chi connectivity index (χ3n) is 2.59. The third kappa shape index (κ3) is 3.65. The molecule has 0 saturated heterocycles. The fourth-order valence-corrected chi connectivity index (χ4v) is 1.56. The van der Waals surface area contributed by atoms with Crippen LogP contribution in [0.15, 0.2) is 48.5 Å². The number of ether oxygens (including phenoxy) is 3. The molecular formula is C15H14O5. The van der Waals surface area contributed by atoms with E-state index in [2.05, 4.69) is 0 Å². The highest BCUT2D eigenvalue weighted by Crippen LogP contribution is 2.18. The van der Waals surface area contributed by atoms with Crippen molar-refractivity contribution in [3.63, 3.8) is 0 Å². The summed E-state index contributed by atoms with van der Waals surface area (Å²) in [6.07, 6.45) is 0. The van der Waals surface area contributed by atoms with Crippen molar-refractivity contribution in [3.05, 3.63) is 54.1 Å². The number of carboxylic acids is 1. The normalized spacial score (nSPS) is 9.85. The van der Waals surface area contributed by atoms with Gasteiger partial charge in [-0.25, -0.2) is 4.79 Å². The minimum Gasteiger partial charge on any atom is -0.497 e. The molecule has 0 aromatic heterocycles. The van der Waals surface area contributed by atoms with E-state index < -0.39 is 5.97 Å². The molecule has 20 heavy (non-hydrogen) atoms. The van der Waals surface area contributed by atoms with Gasteiger partial charge in [0.25, 0.3) is 0 Å². The average Bonchev–Trinajstić information content (AvgIpc) is 2.48. The Morgan fingerprint density at radius 3 is 2.30 bits per heavy atom. The van der Waals surface area contributed by atoms with Crippen LogP contribution in [0.4, 0.5) is 0 Å². The van der Waals surface area contributed by atoms with Gasteiger partial charge in [-0.2, -0.15) is 0 Å². The summed E-state index contributed by atoms with van der Waals surface area (Å²) in [5.74, 6) is 0.831. The predicted octanol–water partition coefficient (Wildman–Crippen LogP) is 2.81. The molecule has 0 fully saturated rings. The van der Waals surface area contributed by atoms with Gasteiger partial charge in [-0.15, -0.1) is 0 Å². The second-order valence-electron chi connectivity index (χ2n) is 3.92. The third-order valence-corrected chi connectivity index (χ3v) is 2.59. The number of hydrogen-bond acceptors (Lipinski definition) is 4. The molecule has 2 aromatic carbocycles. The van der Waals surface area contributed by atoms with Crippen molar-refractivity contribution in [1.29, 1.82) is 0 Å².